The van der Waals surface area contributed by atoms with Gasteiger partial charge in [-0.2, -0.15) is 5.10 Å². The molecule has 0 aliphatic carbocycles. The van der Waals surface area contributed by atoms with E-state index in [9.17, 15) is 4.79 Å². The number of carbonyl (C=O) groups excluding carboxylic acids is 1. The molecule has 6 nitrogen and oxygen atoms in total. The highest BCUT2D eigenvalue weighted by Gasteiger charge is 2.29. The molecule has 38 heavy (non-hydrogen) atoms. The van der Waals surface area contributed by atoms with Gasteiger partial charge in [0, 0.05) is 56.1 Å². The predicted molar refractivity (Wildman–Crippen MR) is 154 cm³/mol. The monoisotopic (exact) mass is 503 g/mol. The highest BCUT2D eigenvalue weighted by molar-refractivity contribution is 6.02. The Balaban J connectivity index is 1.16. The molecule has 2 saturated heterocycles. The Morgan fingerprint density at radius 2 is 1.68 bits per heavy atom. The standard InChI is InChI=1S/C32H33N5O/c1-36-15-17-37(18-16-36)22-24-9-7-23(8-10-24)12-14-30-27-13-11-25(20-31(27)35-34-30)19-28-29(21-33-32(28)38)26-5-3-2-4-6-26/h2-14,19-20,29H,15-18,21-22H2,1H3,(H,33,38)(H,34,35)/b14-12+,28-19+. The van der Waals surface area contributed by atoms with Gasteiger partial charge in [0.2, 0.25) is 5.91 Å². The van der Waals surface area contributed by atoms with Crippen LogP contribution in [0.5, 0.6) is 0 Å². The molecule has 1 atom stereocenters. The highest BCUT2D eigenvalue weighted by atomic mass is 16.2. The van der Waals surface area contributed by atoms with Crippen LogP contribution in [0.2, 0.25) is 0 Å². The Labute approximate surface area is 223 Å². The lowest BCUT2D eigenvalue weighted by Crippen LogP contribution is -2.43. The van der Waals surface area contributed by atoms with Crippen LogP contribution in [0.25, 0.3) is 29.1 Å². The maximum atomic E-state index is 12.6. The van der Waals surface area contributed by atoms with Crippen LogP contribution < -0.4 is 5.32 Å². The first-order valence-electron chi connectivity index (χ1n) is 13.3. The molecule has 1 amide bonds. The van der Waals surface area contributed by atoms with Crippen LogP contribution in [0, 0.1) is 0 Å². The molecule has 2 aliphatic rings. The largest absolute Gasteiger partial charge is 0.351 e. The Bertz CT molecular complexity index is 1480. The Hall–Kier alpha value is -4.00. The summed E-state index contributed by atoms with van der Waals surface area (Å²) in [6.45, 7) is 6.18. The third-order valence-electron chi connectivity index (χ3n) is 7.66. The second-order valence-electron chi connectivity index (χ2n) is 10.3. The van der Waals surface area contributed by atoms with Crippen molar-refractivity contribution in [3.05, 3.63) is 106 Å². The molecule has 0 bridgehead atoms. The van der Waals surface area contributed by atoms with E-state index >= 15 is 0 Å². The van der Waals surface area contributed by atoms with E-state index in [1.54, 1.807) is 0 Å². The fraction of sp³-hybridized carbons (Fsp3) is 0.250. The molecule has 6 heteroatoms. The number of aromatic nitrogens is 2. The van der Waals surface area contributed by atoms with Crippen LogP contribution in [0.4, 0.5) is 0 Å². The predicted octanol–water partition coefficient (Wildman–Crippen LogP) is 4.78. The van der Waals surface area contributed by atoms with Gasteiger partial charge in [-0.1, -0.05) is 66.7 Å². The van der Waals surface area contributed by atoms with Crippen LogP contribution in [0.15, 0.2) is 78.4 Å². The van der Waals surface area contributed by atoms with Crippen molar-refractivity contribution < 1.29 is 4.79 Å². The summed E-state index contributed by atoms with van der Waals surface area (Å²) in [5.41, 5.74) is 7.30. The Morgan fingerprint density at radius 3 is 2.47 bits per heavy atom. The molecule has 192 valence electrons. The maximum Gasteiger partial charge on any atom is 0.247 e. The summed E-state index contributed by atoms with van der Waals surface area (Å²) in [6.07, 6.45) is 6.17. The number of piperazine rings is 1. The van der Waals surface area contributed by atoms with Crippen molar-refractivity contribution in [2.75, 3.05) is 39.8 Å². The number of aromatic amines is 1. The normalized spacial score (nSPS) is 20.1. The van der Waals surface area contributed by atoms with Gasteiger partial charge in [0.25, 0.3) is 0 Å². The second kappa shape index (κ2) is 10.8. The van der Waals surface area contributed by atoms with Crippen LogP contribution in [0.3, 0.4) is 0 Å². The van der Waals surface area contributed by atoms with Crippen LogP contribution in [-0.2, 0) is 11.3 Å². The van der Waals surface area contributed by atoms with Crippen molar-refractivity contribution in [1.29, 1.82) is 0 Å². The van der Waals surface area contributed by atoms with E-state index in [-0.39, 0.29) is 11.8 Å². The van der Waals surface area contributed by atoms with Gasteiger partial charge in [0.15, 0.2) is 0 Å². The van der Waals surface area contributed by atoms with E-state index in [2.05, 4.69) is 99.1 Å². The number of carbonyl (C=O) groups is 1. The number of hydrogen-bond acceptors (Lipinski definition) is 4. The van der Waals surface area contributed by atoms with Crippen molar-refractivity contribution in [2.45, 2.75) is 12.5 Å². The number of fused-ring (bicyclic) bond motifs is 1. The molecule has 0 radical (unpaired) electrons. The zero-order valence-corrected chi connectivity index (χ0v) is 21.7. The molecule has 2 N–H and O–H groups in total. The van der Waals surface area contributed by atoms with Gasteiger partial charge in [-0.15, -0.1) is 0 Å². The van der Waals surface area contributed by atoms with Crippen molar-refractivity contribution in [3.8, 4) is 0 Å². The minimum absolute atomic E-state index is 0.00161. The average Bonchev–Trinajstić information content (AvgIpc) is 3.53. The highest BCUT2D eigenvalue weighted by Crippen LogP contribution is 2.30. The Morgan fingerprint density at radius 1 is 0.921 bits per heavy atom. The summed E-state index contributed by atoms with van der Waals surface area (Å²) in [5.74, 6) is 0.0642. The molecular weight excluding hydrogens is 470 g/mol. The van der Waals surface area contributed by atoms with Gasteiger partial charge in [-0.05, 0) is 53.6 Å². The fourth-order valence-corrected chi connectivity index (χ4v) is 5.34. The topological polar surface area (TPSA) is 64.3 Å². The summed E-state index contributed by atoms with van der Waals surface area (Å²) >= 11 is 0. The van der Waals surface area contributed by atoms with E-state index < -0.39 is 0 Å². The van der Waals surface area contributed by atoms with Crippen LogP contribution in [-0.4, -0.2) is 65.7 Å². The van der Waals surface area contributed by atoms with Crippen molar-refractivity contribution in [3.63, 3.8) is 0 Å². The number of nitrogens with one attached hydrogen (secondary N) is 2. The van der Waals surface area contributed by atoms with E-state index in [4.69, 9.17) is 0 Å². The fourth-order valence-electron chi connectivity index (χ4n) is 5.34. The van der Waals surface area contributed by atoms with Gasteiger partial charge in [0.05, 0.1) is 11.2 Å². The molecule has 6 rings (SSSR count). The van der Waals surface area contributed by atoms with Gasteiger partial charge in [-0.3, -0.25) is 14.8 Å². The zero-order chi connectivity index (χ0) is 25.9. The maximum absolute atomic E-state index is 12.6. The first kappa shape index (κ1) is 24.3. The first-order valence-corrected chi connectivity index (χ1v) is 13.3. The molecule has 3 aromatic carbocycles. The van der Waals surface area contributed by atoms with Gasteiger partial charge < -0.3 is 10.2 Å². The third kappa shape index (κ3) is 5.32. The van der Waals surface area contributed by atoms with E-state index in [0.29, 0.717) is 6.54 Å². The molecule has 0 spiro atoms. The smallest absolute Gasteiger partial charge is 0.247 e. The molecule has 4 aromatic rings. The van der Waals surface area contributed by atoms with E-state index in [1.807, 2.05) is 24.3 Å². The van der Waals surface area contributed by atoms with E-state index in [1.165, 1.54) is 5.56 Å². The summed E-state index contributed by atoms with van der Waals surface area (Å²) in [6, 6.07) is 25.2. The number of hydrogen-bond donors (Lipinski definition) is 2. The summed E-state index contributed by atoms with van der Waals surface area (Å²) in [7, 11) is 2.19. The molecular formula is C32H33N5O. The molecule has 0 saturated carbocycles. The third-order valence-corrected chi connectivity index (χ3v) is 7.66. The lowest BCUT2D eigenvalue weighted by atomic mass is 9.92. The quantitative estimate of drug-likeness (QED) is 0.372. The molecule has 2 fully saturated rings. The van der Waals surface area contributed by atoms with Crippen LogP contribution in [0.1, 0.15) is 33.9 Å². The number of H-pyrrole nitrogens is 1. The molecule has 1 aromatic heterocycles. The lowest BCUT2D eigenvalue weighted by Gasteiger charge is -2.32. The van der Waals surface area contributed by atoms with Crippen molar-refractivity contribution in [2.24, 2.45) is 0 Å². The van der Waals surface area contributed by atoms with Crippen molar-refractivity contribution >= 4 is 35.0 Å². The number of rotatable bonds is 6. The zero-order valence-electron chi connectivity index (χ0n) is 21.7. The minimum atomic E-state index is 0.00161. The van der Waals surface area contributed by atoms with Gasteiger partial charge in [-0.25, -0.2) is 0 Å². The van der Waals surface area contributed by atoms with Gasteiger partial charge in [0.1, 0.15) is 0 Å². The molecule has 3 heterocycles. The minimum Gasteiger partial charge on any atom is -0.351 e. The Kier molecular flexibility index (Phi) is 6.90. The first-order chi connectivity index (χ1) is 18.6. The number of benzene rings is 3. The molecule has 2 aliphatic heterocycles. The van der Waals surface area contributed by atoms with E-state index in [0.717, 1.165) is 71.6 Å². The number of amides is 1. The van der Waals surface area contributed by atoms with Crippen LogP contribution >= 0.6 is 0 Å². The summed E-state index contributed by atoms with van der Waals surface area (Å²) in [4.78, 5) is 17.5. The number of nitrogens with zero attached hydrogens (tertiary/aromatic N) is 3. The van der Waals surface area contributed by atoms with Crippen molar-refractivity contribution in [1.82, 2.24) is 25.3 Å². The summed E-state index contributed by atoms with van der Waals surface area (Å²) < 4.78 is 0. The molecule has 1 unspecified atom stereocenters. The second-order valence-corrected chi connectivity index (χ2v) is 10.3. The number of likely N-dealkylation sites (N-methyl/N-ethyl adjacent to an activating group) is 1. The van der Waals surface area contributed by atoms with Gasteiger partial charge >= 0.3 is 0 Å². The average molecular weight is 504 g/mol. The summed E-state index contributed by atoms with van der Waals surface area (Å²) in [5, 5.41) is 11.8. The lowest BCUT2D eigenvalue weighted by molar-refractivity contribution is -0.116. The SMILES string of the molecule is CN1CCN(Cc2ccc(/C=C/c3n[nH]c4cc(/C=C5/C(=O)NCC5c5ccccc5)ccc34)cc2)CC1.